The standard InChI is InChI=1S/C23H26N4O4S/c1-2-30-21-11-7-6-10-20(21)23-24-22(31-25-23)18-26-13-15-27(16-14-26)32(28,29)17-12-19-8-4-3-5-9-19/h3-12,17H,2,13-16,18H2,1H3/b17-12+. The summed E-state index contributed by atoms with van der Waals surface area (Å²) in [6, 6.07) is 17.0. The van der Waals surface area contributed by atoms with E-state index >= 15 is 0 Å². The quantitative estimate of drug-likeness (QED) is 0.516. The van der Waals surface area contributed by atoms with Gasteiger partial charge in [0, 0.05) is 31.6 Å². The van der Waals surface area contributed by atoms with Gasteiger partial charge >= 0.3 is 0 Å². The molecule has 0 N–H and O–H groups in total. The Morgan fingerprint density at radius 2 is 1.75 bits per heavy atom. The highest BCUT2D eigenvalue weighted by atomic mass is 32.2. The van der Waals surface area contributed by atoms with Gasteiger partial charge in [0.1, 0.15) is 5.75 Å². The number of aromatic nitrogens is 2. The minimum atomic E-state index is -3.46. The molecule has 0 radical (unpaired) electrons. The molecule has 3 aromatic rings. The Labute approximate surface area is 188 Å². The summed E-state index contributed by atoms with van der Waals surface area (Å²) >= 11 is 0. The van der Waals surface area contributed by atoms with Crippen LogP contribution in [0.4, 0.5) is 0 Å². The molecule has 1 fully saturated rings. The zero-order valence-corrected chi connectivity index (χ0v) is 18.7. The van der Waals surface area contributed by atoms with Crippen molar-refractivity contribution in [2.75, 3.05) is 32.8 Å². The van der Waals surface area contributed by atoms with Crippen molar-refractivity contribution in [2.24, 2.45) is 0 Å². The van der Waals surface area contributed by atoms with Crippen LogP contribution in [0.2, 0.25) is 0 Å². The molecule has 0 saturated carbocycles. The monoisotopic (exact) mass is 454 g/mol. The fourth-order valence-electron chi connectivity index (χ4n) is 3.51. The predicted octanol–water partition coefficient (Wildman–Crippen LogP) is 3.25. The van der Waals surface area contributed by atoms with Gasteiger partial charge in [-0.05, 0) is 30.7 Å². The molecule has 0 atom stereocenters. The summed E-state index contributed by atoms with van der Waals surface area (Å²) in [6.45, 7) is 4.95. The smallest absolute Gasteiger partial charge is 0.241 e. The summed E-state index contributed by atoms with van der Waals surface area (Å²) in [6.07, 6.45) is 1.63. The molecule has 0 aliphatic carbocycles. The summed E-state index contributed by atoms with van der Waals surface area (Å²) in [5, 5.41) is 5.37. The van der Waals surface area contributed by atoms with E-state index in [9.17, 15) is 8.42 Å². The SMILES string of the molecule is CCOc1ccccc1-c1noc(CN2CCN(S(=O)(=O)/C=C/c3ccccc3)CC2)n1. The minimum absolute atomic E-state index is 0.412. The number of ether oxygens (including phenoxy) is 1. The maximum atomic E-state index is 12.6. The Bertz CT molecular complexity index is 1150. The van der Waals surface area contributed by atoms with Gasteiger partial charge in [0.2, 0.25) is 21.7 Å². The molecule has 4 rings (SSSR count). The number of hydrogen-bond donors (Lipinski definition) is 0. The topological polar surface area (TPSA) is 88.8 Å². The van der Waals surface area contributed by atoms with Crippen LogP contribution in [0.3, 0.4) is 0 Å². The van der Waals surface area contributed by atoms with Crippen LogP contribution in [0.5, 0.6) is 5.75 Å². The molecule has 8 nitrogen and oxygen atoms in total. The molecule has 32 heavy (non-hydrogen) atoms. The van der Waals surface area contributed by atoms with E-state index in [0.29, 0.717) is 56.8 Å². The normalized spacial score (nSPS) is 15.9. The molecule has 1 aliphatic heterocycles. The van der Waals surface area contributed by atoms with Gasteiger partial charge < -0.3 is 9.26 Å². The van der Waals surface area contributed by atoms with Crippen molar-refractivity contribution in [1.82, 2.24) is 19.3 Å². The molecule has 1 saturated heterocycles. The van der Waals surface area contributed by atoms with Gasteiger partial charge in [-0.15, -0.1) is 0 Å². The fourth-order valence-corrected chi connectivity index (χ4v) is 4.68. The highest BCUT2D eigenvalue weighted by molar-refractivity contribution is 7.92. The number of benzene rings is 2. The second kappa shape index (κ2) is 10.1. The van der Waals surface area contributed by atoms with Gasteiger partial charge in [-0.25, -0.2) is 8.42 Å². The van der Waals surface area contributed by atoms with Gasteiger partial charge in [0.15, 0.2) is 0 Å². The van der Waals surface area contributed by atoms with Crippen LogP contribution < -0.4 is 4.74 Å². The molecule has 0 unspecified atom stereocenters. The van der Waals surface area contributed by atoms with Crippen LogP contribution in [0.15, 0.2) is 64.5 Å². The molecule has 2 aromatic carbocycles. The molecule has 168 valence electrons. The molecule has 2 heterocycles. The number of hydrogen-bond acceptors (Lipinski definition) is 7. The Kier molecular flexibility index (Phi) is 6.99. The highest BCUT2D eigenvalue weighted by Gasteiger charge is 2.26. The Morgan fingerprint density at radius 1 is 1.03 bits per heavy atom. The van der Waals surface area contributed by atoms with E-state index in [2.05, 4.69) is 15.0 Å². The lowest BCUT2D eigenvalue weighted by molar-refractivity contribution is 0.164. The molecule has 0 spiro atoms. The third-order valence-electron chi connectivity index (χ3n) is 5.18. The summed E-state index contributed by atoms with van der Waals surface area (Å²) in [7, 11) is -3.46. The third kappa shape index (κ3) is 5.42. The Balaban J connectivity index is 1.34. The second-order valence-electron chi connectivity index (χ2n) is 7.37. The number of rotatable bonds is 8. The maximum absolute atomic E-state index is 12.6. The average molecular weight is 455 g/mol. The average Bonchev–Trinajstić information content (AvgIpc) is 3.28. The van der Waals surface area contributed by atoms with Gasteiger partial charge in [0.25, 0.3) is 0 Å². The van der Waals surface area contributed by atoms with Crippen LogP contribution in [0.1, 0.15) is 18.4 Å². The maximum Gasteiger partial charge on any atom is 0.241 e. The van der Waals surface area contributed by atoms with Gasteiger partial charge in [-0.2, -0.15) is 9.29 Å². The van der Waals surface area contributed by atoms with E-state index < -0.39 is 10.0 Å². The first-order valence-corrected chi connectivity index (χ1v) is 12.1. The van der Waals surface area contributed by atoms with E-state index in [0.717, 1.165) is 11.1 Å². The van der Waals surface area contributed by atoms with Crippen LogP contribution in [0.25, 0.3) is 17.5 Å². The minimum Gasteiger partial charge on any atom is -0.493 e. The van der Waals surface area contributed by atoms with Crippen molar-refractivity contribution < 1.29 is 17.7 Å². The van der Waals surface area contributed by atoms with Crippen LogP contribution >= 0.6 is 0 Å². The first kappa shape index (κ1) is 22.2. The molecular formula is C23H26N4O4S. The van der Waals surface area contributed by atoms with Crippen LogP contribution in [0, 0.1) is 0 Å². The molecule has 1 aliphatic rings. The summed E-state index contributed by atoms with van der Waals surface area (Å²) in [4.78, 5) is 6.62. The summed E-state index contributed by atoms with van der Waals surface area (Å²) in [5.41, 5.74) is 1.64. The van der Waals surface area contributed by atoms with Crippen molar-refractivity contribution in [2.45, 2.75) is 13.5 Å². The van der Waals surface area contributed by atoms with E-state index in [1.807, 2.05) is 61.5 Å². The molecule has 0 amide bonds. The number of sulfonamides is 1. The van der Waals surface area contributed by atoms with Crippen molar-refractivity contribution in [3.63, 3.8) is 0 Å². The Hall–Kier alpha value is -3.01. The zero-order chi connectivity index (χ0) is 22.4. The lowest BCUT2D eigenvalue weighted by atomic mass is 10.2. The fraction of sp³-hybridized carbons (Fsp3) is 0.304. The highest BCUT2D eigenvalue weighted by Crippen LogP contribution is 2.27. The largest absolute Gasteiger partial charge is 0.493 e. The predicted molar refractivity (Wildman–Crippen MR) is 122 cm³/mol. The van der Waals surface area contributed by atoms with Crippen molar-refractivity contribution in [3.05, 3.63) is 71.5 Å². The van der Waals surface area contributed by atoms with Gasteiger partial charge in [0.05, 0.1) is 18.7 Å². The van der Waals surface area contributed by atoms with Gasteiger partial charge in [-0.3, -0.25) is 4.90 Å². The van der Waals surface area contributed by atoms with E-state index in [4.69, 9.17) is 9.26 Å². The second-order valence-corrected chi connectivity index (χ2v) is 9.19. The van der Waals surface area contributed by atoms with E-state index in [1.54, 1.807) is 6.08 Å². The van der Waals surface area contributed by atoms with Crippen LogP contribution in [-0.4, -0.2) is 60.5 Å². The molecular weight excluding hydrogens is 428 g/mol. The van der Waals surface area contributed by atoms with E-state index in [1.165, 1.54) is 9.71 Å². The molecule has 0 bridgehead atoms. The summed E-state index contributed by atoms with van der Waals surface area (Å²) in [5.74, 6) is 1.69. The third-order valence-corrected chi connectivity index (χ3v) is 6.74. The van der Waals surface area contributed by atoms with Crippen LogP contribution in [-0.2, 0) is 16.6 Å². The lowest BCUT2D eigenvalue weighted by Crippen LogP contribution is -2.47. The first-order chi connectivity index (χ1) is 15.5. The summed E-state index contributed by atoms with van der Waals surface area (Å²) < 4.78 is 37.9. The Morgan fingerprint density at radius 3 is 2.50 bits per heavy atom. The zero-order valence-electron chi connectivity index (χ0n) is 17.9. The number of piperazine rings is 1. The molecule has 1 aromatic heterocycles. The van der Waals surface area contributed by atoms with Gasteiger partial charge in [-0.1, -0.05) is 47.6 Å². The van der Waals surface area contributed by atoms with Crippen molar-refractivity contribution >= 4 is 16.1 Å². The molecule has 9 heteroatoms. The van der Waals surface area contributed by atoms with E-state index in [-0.39, 0.29) is 0 Å². The van der Waals surface area contributed by atoms with Crippen molar-refractivity contribution in [3.8, 4) is 17.1 Å². The lowest BCUT2D eigenvalue weighted by Gasteiger charge is -2.32. The first-order valence-electron chi connectivity index (χ1n) is 10.6. The number of para-hydroxylation sites is 1. The number of nitrogens with zero attached hydrogens (tertiary/aromatic N) is 4. The van der Waals surface area contributed by atoms with Crippen molar-refractivity contribution in [1.29, 1.82) is 0 Å².